The summed E-state index contributed by atoms with van der Waals surface area (Å²) in [6.45, 7) is 2.50. The lowest BCUT2D eigenvalue weighted by Gasteiger charge is -2.39. The maximum atomic E-state index is 12.5. The van der Waals surface area contributed by atoms with Gasteiger partial charge in [-0.25, -0.2) is 4.68 Å². The molecule has 8 nitrogen and oxygen atoms in total. The summed E-state index contributed by atoms with van der Waals surface area (Å²) in [6.07, 6.45) is 1.47. The molecule has 1 aliphatic rings. The zero-order valence-corrected chi connectivity index (χ0v) is 14.0. The first kappa shape index (κ1) is 18.1. The van der Waals surface area contributed by atoms with Crippen molar-refractivity contribution in [3.8, 4) is 0 Å². The Balaban J connectivity index is 2.13. The third-order valence-corrected chi connectivity index (χ3v) is 4.45. The number of piperidine rings is 1. The number of carboxylic acids is 1. The van der Waals surface area contributed by atoms with E-state index >= 15 is 0 Å². The van der Waals surface area contributed by atoms with Gasteiger partial charge in [0.05, 0.1) is 11.1 Å². The summed E-state index contributed by atoms with van der Waals surface area (Å²) < 4.78 is 6.13. The summed E-state index contributed by atoms with van der Waals surface area (Å²) in [5.74, 6) is -1.21. The number of likely N-dealkylation sites (tertiary alicyclic amines) is 1. The number of methoxy groups -OCH3 is 1. The molecule has 1 aromatic heterocycles. The van der Waals surface area contributed by atoms with Crippen LogP contribution in [0.15, 0.2) is 16.9 Å². The molecular formula is C16H23N3O5. The number of carbonyl (C=O) groups is 2. The Labute approximate surface area is 140 Å². The first-order valence-corrected chi connectivity index (χ1v) is 7.93. The van der Waals surface area contributed by atoms with Gasteiger partial charge < -0.3 is 14.7 Å². The summed E-state index contributed by atoms with van der Waals surface area (Å²) in [5.41, 5.74) is -0.703. The SMILES string of the molecule is COCC[C@@]1(C(=O)O)CCCN(C(=O)Cn2nc(C)ccc2=O)C1. The van der Waals surface area contributed by atoms with Crippen LogP contribution in [0.1, 0.15) is 25.0 Å². The van der Waals surface area contributed by atoms with Gasteiger partial charge in [-0.3, -0.25) is 14.4 Å². The number of aromatic nitrogens is 2. The number of carbonyl (C=O) groups excluding carboxylic acids is 1. The maximum Gasteiger partial charge on any atom is 0.311 e. The van der Waals surface area contributed by atoms with Crippen LogP contribution in [0.4, 0.5) is 0 Å². The number of nitrogens with zero attached hydrogens (tertiary/aromatic N) is 3. The van der Waals surface area contributed by atoms with Crippen molar-refractivity contribution >= 4 is 11.9 Å². The number of ether oxygens (including phenoxy) is 1. The Morgan fingerprint density at radius 1 is 1.42 bits per heavy atom. The van der Waals surface area contributed by atoms with E-state index in [1.165, 1.54) is 18.1 Å². The van der Waals surface area contributed by atoms with Crippen molar-refractivity contribution in [1.82, 2.24) is 14.7 Å². The van der Waals surface area contributed by atoms with Gasteiger partial charge >= 0.3 is 5.97 Å². The van der Waals surface area contributed by atoms with Gasteiger partial charge in [0, 0.05) is 32.9 Å². The molecule has 0 spiro atoms. The summed E-state index contributed by atoms with van der Waals surface area (Å²) in [7, 11) is 1.52. The van der Waals surface area contributed by atoms with Crippen LogP contribution in [-0.4, -0.2) is 58.5 Å². The Morgan fingerprint density at radius 3 is 2.83 bits per heavy atom. The van der Waals surface area contributed by atoms with E-state index < -0.39 is 11.4 Å². The molecule has 1 fully saturated rings. The molecule has 24 heavy (non-hydrogen) atoms. The van der Waals surface area contributed by atoms with E-state index in [-0.39, 0.29) is 24.6 Å². The highest BCUT2D eigenvalue weighted by Gasteiger charge is 2.43. The van der Waals surface area contributed by atoms with Gasteiger partial charge in [0.25, 0.3) is 5.56 Å². The van der Waals surface area contributed by atoms with E-state index in [0.717, 1.165) is 4.68 Å². The molecule has 8 heteroatoms. The summed E-state index contributed by atoms with van der Waals surface area (Å²) in [4.78, 5) is 37.6. The van der Waals surface area contributed by atoms with E-state index in [4.69, 9.17) is 4.74 Å². The predicted octanol–water partition coefficient (Wildman–Crippen LogP) is 0.282. The maximum absolute atomic E-state index is 12.5. The first-order chi connectivity index (χ1) is 11.4. The topological polar surface area (TPSA) is 102 Å². The van der Waals surface area contributed by atoms with Crippen LogP contribution in [0.25, 0.3) is 0 Å². The molecule has 1 atom stereocenters. The lowest BCUT2D eigenvalue weighted by atomic mass is 9.77. The Kier molecular flexibility index (Phi) is 5.71. The van der Waals surface area contributed by atoms with Crippen LogP contribution in [0.3, 0.4) is 0 Å². The predicted molar refractivity (Wildman–Crippen MR) is 85.6 cm³/mol. The number of amides is 1. The quantitative estimate of drug-likeness (QED) is 0.800. The fraction of sp³-hybridized carbons (Fsp3) is 0.625. The molecule has 1 aromatic rings. The van der Waals surface area contributed by atoms with E-state index in [0.29, 0.717) is 38.1 Å². The molecule has 0 bridgehead atoms. The highest BCUT2D eigenvalue weighted by Crippen LogP contribution is 2.34. The summed E-state index contributed by atoms with van der Waals surface area (Å²) in [5, 5.41) is 13.7. The fourth-order valence-corrected chi connectivity index (χ4v) is 3.02. The lowest BCUT2D eigenvalue weighted by Crippen LogP contribution is -2.51. The Morgan fingerprint density at radius 2 is 2.17 bits per heavy atom. The van der Waals surface area contributed by atoms with Crippen molar-refractivity contribution < 1.29 is 19.4 Å². The van der Waals surface area contributed by atoms with Crippen molar-refractivity contribution in [2.45, 2.75) is 32.7 Å². The molecule has 132 valence electrons. The van der Waals surface area contributed by atoms with E-state index in [1.807, 2.05) is 0 Å². The minimum Gasteiger partial charge on any atom is -0.481 e. The molecule has 1 amide bonds. The van der Waals surface area contributed by atoms with E-state index in [9.17, 15) is 19.5 Å². The van der Waals surface area contributed by atoms with Gasteiger partial charge in [-0.1, -0.05) is 0 Å². The minimum absolute atomic E-state index is 0.130. The molecule has 0 aromatic carbocycles. The van der Waals surface area contributed by atoms with Crippen molar-refractivity contribution in [3.63, 3.8) is 0 Å². The molecule has 0 saturated carbocycles. The number of aryl methyl sites for hydroxylation is 1. The van der Waals surface area contributed by atoms with Crippen LogP contribution in [-0.2, 0) is 20.9 Å². The highest BCUT2D eigenvalue weighted by molar-refractivity contribution is 5.79. The van der Waals surface area contributed by atoms with Gasteiger partial charge in [0.2, 0.25) is 5.91 Å². The summed E-state index contributed by atoms with van der Waals surface area (Å²) in [6, 6.07) is 2.95. The van der Waals surface area contributed by atoms with Crippen LogP contribution in [0, 0.1) is 12.3 Å². The third kappa shape index (κ3) is 4.00. The highest BCUT2D eigenvalue weighted by atomic mass is 16.5. The van der Waals surface area contributed by atoms with Crippen LogP contribution < -0.4 is 5.56 Å². The third-order valence-electron chi connectivity index (χ3n) is 4.45. The molecule has 1 aliphatic heterocycles. The van der Waals surface area contributed by atoms with Crippen LogP contribution in [0.5, 0.6) is 0 Å². The smallest absolute Gasteiger partial charge is 0.311 e. The van der Waals surface area contributed by atoms with Gasteiger partial charge in [0.15, 0.2) is 0 Å². The lowest BCUT2D eigenvalue weighted by molar-refractivity contribution is -0.156. The second-order valence-corrected chi connectivity index (χ2v) is 6.22. The molecule has 0 radical (unpaired) electrons. The summed E-state index contributed by atoms with van der Waals surface area (Å²) >= 11 is 0. The molecule has 1 N–H and O–H groups in total. The molecule has 0 aliphatic carbocycles. The van der Waals surface area contributed by atoms with Crippen molar-refractivity contribution in [1.29, 1.82) is 0 Å². The number of aliphatic carboxylic acids is 1. The Hall–Kier alpha value is -2.22. The normalized spacial score (nSPS) is 20.8. The minimum atomic E-state index is -0.991. The monoisotopic (exact) mass is 337 g/mol. The fourth-order valence-electron chi connectivity index (χ4n) is 3.02. The first-order valence-electron chi connectivity index (χ1n) is 7.93. The van der Waals surface area contributed by atoms with Gasteiger partial charge in [-0.2, -0.15) is 5.10 Å². The van der Waals surface area contributed by atoms with E-state index in [1.54, 1.807) is 13.0 Å². The molecular weight excluding hydrogens is 314 g/mol. The van der Waals surface area contributed by atoms with Gasteiger partial charge in [-0.15, -0.1) is 0 Å². The number of rotatable bonds is 6. The van der Waals surface area contributed by atoms with Crippen LogP contribution >= 0.6 is 0 Å². The molecule has 1 saturated heterocycles. The average molecular weight is 337 g/mol. The van der Waals surface area contributed by atoms with E-state index in [2.05, 4.69) is 5.10 Å². The second kappa shape index (κ2) is 7.57. The zero-order valence-electron chi connectivity index (χ0n) is 14.0. The number of carboxylic acid groups (broad SMARTS) is 1. The second-order valence-electron chi connectivity index (χ2n) is 6.22. The zero-order chi connectivity index (χ0) is 17.7. The number of hydrogen-bond acceptors (Lipinski definition) is 5. The standard InChI is InChI=1S/C16H23N3O5/c1-12-4-5-13(20)19(17-12)10-14(21)18-8-3-6-16(11-18,15(22)23)7-9-24-2/h4-5H,3,6-11H2,1-2H3,(H,22,23)/t16-/m0/s1. The molecule has 2 heterocycles. The average Bonchev–Trinajstić information content (AvgIpc) is 2.56. The van der Waals surface area contributed by atoms with Crippen molar-refractivity contribution in [2.24, 2.45) is 5.41 Å². The number of hydrogen-bond donors (Lipinski definition) is 1. The molecule has 0 unspecified atom stereocenters. The van der Waals surface area contributed by atoms with Crippen molar-refractivity contribution in [2.75, 3.05) is 26.8 Å². The Bertz CT molecular complexity index is 672. The van der Waals surface area contributed by atoms with Crippen LogP contribution in [0.2, 0.25) is 0 Å². The largest absolute Gasteiger partial charge is 0.481 e. The van der Waals surface area contributed by atoms with Gasteiger partial charge in [-0.05, 0) is 32.3 Å². The van der Waals surface area contributed by atoms with Crippen molar-refractivity contribution in [3.05, 3.63) is 28.2 Å². The van der Waals surface area contributed by atoms with Gasteiger partial charge in [0.1, 0.15) is 6.54 Å². The molecule has 2 rings (SSSR count).